The monoisotopic (exact) mass is 274 g/mol. The summed E-state index contributed by atoms with van der Waals surface area (Å²) in [5.41, 5.74) is 2.57. The standard InChI is InChI=1S/C14H18N4O2/c1-2-13-16-6-7-18(13)8-9-20-12-5-3-4-11(10-12)14(19)17-15/h3-7,10H,2,8-9,15H2,1H3,(H,17,19). The van der Waals surface area contributed by atoms with Gasteiger partial charge in [0, 0.05) is 24.4 Å². The van der Waals surface area contributed by atoms with Crippen molar-refractivity contribution < 1.29 is 9.53 Å². The largest absolute Gasteiger partial charge is 0.492 e. The lowest BCUT2D eigenvalue weighted by atomic mass is 10.2. The topological polar surface area (TPSA) is 82.2 Å². The van der Waals surface area contributed by atoms with Gasteiger partial charge in [0.05, 0.1) is 6.54 Å². The number of aromatic nitrogens is 2. The fraction of sp³-hybridized carbons (Fsp3) is 0.286. The first-order chi connectivity index (χ1) is 9.74. The molecule has 2 aromatic rings. The molecule has 0 aliphatic rings. The Kier molecular flexibility index (Phi) is 4.73. The van der Waals surface area contributed by atoms with Gasteiger partial charge in [-0.15, -0.1) is 0 Å². The third-order valence-electron chi connectivity index (χ3n) is 2.95. The summed E-state index contributed by atoms with van der Waals surface area (Å²) in [5, 5.41) is 0. The van der Waals surface area contributed by atoms with Gasteiger partial charge in [-0.2, -0.15) is 0 Å². The lowest BCUT2D eigenvalue weighted by Crippen LogP contribution is -2.29. The molecule has 0 atom stereocenters. The molecule has 1 amide bonds. The second-order valence-corrected chi connectivity index (χ2v) is 4.24. The predicted molar refractivity (Wildman–Crippen MR) is 75.2 cm³/mol. The Bertz CT molecular complexity index is 580. The molecule has 0 radical (unpaired) electrons. The number of rotatable bonds is 6. The van der Waals surface area contributed by atoms with Gasteiger partial charge in [-0.05, 0) is 18.2 Å². The number of carbonyl (C=O) groups is 1. The van der Waals surface area contributed by atoms with Crippen LogP contribution in [0, 0.1) is 0 Å². The van der Waals surface area contributed by atoms with Crippen molar-refractivity contribution in [1.82, 2.24) is 15.0 Å². The van der Waals surface area contributed by atoms with E-state index >= 15 is 0 Å². The van der Waals surface area contributed by atoms with Gasteiger partial charge in [0.1, 0.15) is 18.2 Å². The lowest BCUT2D eigenvalue weighted by Gasteiger charge is -2.09. The summed E-state index contributed by atoms with van der Waals surface area (Å²) in [7, 11) is 0. The van der Waals surface area contributed by atoms with Crippen molar-refractivity contribution in [2.75, 3.05) is 6.61 Å². The first-order valence-corrected chi connectivity index (χ1v) is 6.48. The average Bonchev–Trinajstić information content (AvgIpc) is 2.94. The van der Waals surface area contributed by atoms with Crippen molar-refractivity contribution in [3.63, 3.8) is 0 Å². The molecule has 3 N–H and O–H groups in total. The SMILES string of the molecule is CCc1nccn1CCOc1cccc(C(=O)NN)c1. The zero-order valence-corrected chi connectivity index (χ0v) is 11.4. The summed E-state index contributed by atoms with van der Waals surface area (Å²) in [6.07, 6.45) is 4.60. The summed E-state index contributed by atoms with van der Waals surface area (Å²) < 4.78 is 7.70. The zero-order valence-electron chi connectivity index (χ0n) is 11.4. The van der Waals surface area contributed by atoms with Crippen molar-refractivity contribution in [3.05, 3.63) is 48.0 Å². The number of carbonyl (C=O) groups excluding carboxylic acids is 1. The van der Waals surface area contributed by atoms with Crippen molar-refractivity contribution in [1.29, 1.82) is 0 Å². The number of hydrazine groups is 1. The van der Waals surface area contributed by atoms with Crippen molar-refractivity contribution in [2.45, 2.75) is 19.9 Å². The molecular formula is C14H18N4O2. The van der Waals surface area contributed by atoms with Gasteiger partial charge in [-0.3, -0.25) is 10.2 Å². The molecule has 0 saturated heterocycles. The summed E-state index contributed by atoms with van der Waals surface area (Å²) in [6.45, 7) is 3.29. The van der Waals surface area contributed by atoms with Gasteiger partial charge in [-0.25, -0.2) is 10.8 Å². The molecule has 0 fully saturated rings. The summed E-state index contributed by atoms with van der Waals surface area (Å²) >= 11 is 0. The van der Waals surface area contributed by atoms with Crippen LogP contribution in [0.15, 0.2) is 36.7 Å². The third-order valence-corrected chi connectivity index (χ3v) is 2.95. The van der Waals surface area contributed by atoms with Gasteiger partial charge in [0.15, 0.2) is 0 Å². The molecular weight excluding hydrogens is 256 g/mol. The minimum Gasteiger partial charge on any atom is -0.492 e. The Hall–Kier alpha value is -2.34. The molecule has 0 aliphatic heterocycles. The van der Waals surface area contributed by atoms with Gasteiger partial charge >= 0.3 is 0 Å². The number of nitrogens with one attached hydrogen (secondary N) is 1. The number of amides is 1. The van der Waals surface area contributed by atoms with Gasteiger partial charge < -0.3 is 9.30 Å². The first kappa shape index (κ1) is 14.1. The molecule has 2 rings (SSSR count). The smallest absolute Gasteiger partial charge is 0.265 e. The molecule has 106 valence electrons. The van der Waals surface area contributed by atoms with Crippen LogP contribution in [0.5, 0.6) is 5.75 Å². The van der Waals surface area contributed by atoms with Gasteiger partial charge in [0.2, 0.25) is 0 Å². The number of nitrogens with two attached hydrogens (primary N) is 1. The number of aryl methyl sites for hydroxylation is 1. The Labute approximate surface area is 117 Å². The van der Waals surface area contributed by atoms with E-state index in [2.05, 4.69) is 21.9 Å². The first-order valence-electron chi connectivity index (χ1n) is 6.48. The molecule has 0 saturated carbocycles. The molecule has 1 aromatic carbocycles. The number of imidazole rings is 1. The number of benzene rings is 1. The number of hydrogen-bond acceptors (Lipinski definition) is 4. The summed E-state index contributed by atoms with van der Waals surface area (Å²) in [4.78, 5) is 15.7. The maximum atomic E-state index is 11.4. The van der Waals surface area contributed by atoms with Gasteiger partial charge in [-0.1, -0.05) is 13.0 Å². The highest BCUT2D eigenvalue weighted by molar-refractivity contribution is 5.94. The zero-order chi connectivity index (χ0) is 14.4. The van der Waals surface area contributed by atoms with Crippen molar-refractivity contribution in [3.8, 4) is 5.75 Å². The van der Waals surface area contributed by atoms with Crippen LogP contribution in [0.3, 0.4) is 0 Å². The Morgan fingerprint density at radius 3 is 3.10 bits per heavy atom. The Morgan fingerprint density at radius 1 is 1.50 bits per heavy atom. The number of hydrogen-bond donors (Lipinski definition) is 2. The maximum absolute atomic E-state index is 11.4. The third kappa shape index (κ3) is 3.36. The molecule has 1 aromatic heterocycles. The van der Waals surface area contributed by atoms with Crippen LogP contribution >= 0.6 is 0 Å². The fourth-order valence-electron chi connectivity index (χ4n) is 1.93. The molecule has 1 heterocycles. The molecule has 0 aliphatic carbocycles. The lowest BCUT2D eigenvalue weighted by molar-refractivity contribution is 0.0953. The van der Waals surface area contributed by atoms with E-state index in [0.29, 0.717) is 17.9 Å². The molecule has 0 bridgehead atoms. The minimum atomic E-state index is -0.335. The van der Waals surface area contributed by atoms with E-state index in [1.54, 1.807) is 24.4 Å². The highest BCUT2D eigenvalue weighted by Crippen LogP contribution is 2.13. The van der Waals surface area contributed by atoms with E-state index in [9.17, 15) is 4.79 Å². The number of nitrogens with zero attached hydrogens (tertiary/aromatic N) is 2. The van der Waals surface area contributed by atoms with E-state index in [1.807, 2.05) is 12.3 Å². The van der Waals surface area contributed by atoms with Crippen LogP contribution in [0.2, 0.25) is 0 Å². The van der Waals surface area contributed by atoms with E-state index in [0.717, 1.165) is 18.8 Å². The van der Waals surface area contributed by atoms with Crippen LogP contribution in [0.4, 0.5) is 0 Å². The van der Waals surface area contributed by atoms with E-state index < -0.39 is 0 Å². The van der Waals surface area contributed by atoms with E-state index in [-0.39, 0.29) is 5.91 Å². The van der Waals surface area contributed by atoms with Gasteiger partial charge in [0.25, 0.3) is 5.91 Å². The van der Waals surface area contributed by atoms with Crippen LogP contribution < -0.4 is 16.0 Å². The minimum absolute atomic E-state index is 0.335. The van der Waals surface area contributed by atoms with Crippen LogP contribution in [0.1, 0.15) is 23.1 Å². The number of nitrogen functional groups attached to an aromatic ring is 1. The predicted octanol–water partition coefficient (Wildman–Crippen LogP) is 1.13. The highest BCUT2D eigenvalue weighted by Gasteiger charge is 2.05. The molecule has 6 nitrogen and oxygen atoms in total. The average molecular weight is 274 g/mol. The van der Waals surface area contributed by atoms with Crippen LogP contribution in [-0.2, 0) is 13.0 Å². The van der Waals surface area contributed by atoms with Crippen molar-refractivity contribution in [2.24, 2.45) is 5.84 Å². The Morgan fingerprint density at radius 2 is 2.35 bits per heavy atom. The molecule has 6 heteroatoms. The quantitative estimate of drug-likeness (QED) is 0.470. The highest BCUT2D eigenvalue weighted by atomic mass is 16.5. The normalized spacial score (nSPS) is 10.3. The molecule has 20 heavy (non-hydrogen) atoms. The van der Waals surface area contributed by atoms with Crippen LogP contribution in [0.25, 0.3) is 0 Å². The van der Waals surface area contributed by atoms with E-state index in [1.165, 1.54) is 0 Å². The fourth-order valence-corrected chi connectivity index (χ4v) is 1.93. The van der Waals surface area contributed by atoms with E-state index in [4.69, 9.17) is 10.6 Å². The maximum Gasteiger partial charge on any atom is 0.265 e. The Balaban J connectivity index is 1.93. The molecule has 0 spiro atoms. The second kappa shape index (κ2) is 6.72. The number of ether oxygens (including phenoxy) is 1. The molecule has 0 unspecified atom stereocenters. The van der Waals surface area contributed by atoms with Crippen molar-refractivity contribution >= 4 is 5.91 Å². The summed E-state index contributed by atoms with van der Waals surface area (Å²) in [6, 6.07) is 6.91. The second-order valence-electron chi connectivity index (χ2n) is 4.24. The summed E-state index contributed by atoms with van der Waals surface area (Å²) in [5.74, 6) is 6.44. The van der Waals surface area contributed by atoms with Crippen LogP contribution in [-0.4, -0.2) is 22.1 Å².